The Balaban J connectivity index is 2.07. The van der Waals surface area contributed by atoms with E-state index in [2.05, 4.69) is 0 Å². The molecule has 1 aliphatic rings. The highest BCUT2D eigenvalue weighted by molar-refractivity contribution is 6.03. The lowest BCUT2D eigenvalue weighted by molar-refractivity contribution is -0.123. The third-order valence-corrected chi connectivity index (χ3v) is 4.25. The van der Waals surface area contributed by atoms with E-state index < -0.39 is 11.9 Å². The molecule has 0 bridgehead atoms. The van der Waals surface area contributed by atoms with Crippen molar-refractivity contribution in [3.8, 4) is 0 Å². The number of para-hydroxylation sites is 1. The summed E-state index contributed by atoms with van der Waals surface area (Å²) in [6.07, 6.45) is 0.641. The normalized spacial score (nSPS) is 20.7. The monoisotopic (exact) mass is 309 g/mol. The Bertz CT molecular complexity index is 730. The van der Waals surface area contributed by atoms with Gasteiger partial charge >= 0.3 is 0 Å². The van der Waals surface area contributed by atoms with Gasteiger partial charge in [0, 0.05) is 11.6 Å². The topological polar surface area (TPSA) is 89.4 Å². The lowest BCUT2D eigenvalue weighted by Crippen LogP contribution is -2.48. The number of rotatable bonds is 3. The van der Waals surface area contributed by atoms with Crippen LogP contribution in [-0.2, 0) is 16.0 Å². The van der Waals surface area contributed by atoms with Crippen LogP contribution < -0.4 is 16.4 Å². The third kappa shape index (κ3) is 2.96. The molecule has 0 aromatic heterocycles. The van der Waals surface area contributed by atoms with E-state index in [9.17, 15) is 9.59 Å². The third-order valence-electron chi connectivity index (χ3n) is 4.25. The van der Waals surface area contributed by atoms with Gasteiger partial charge in [-0.15, -0.1) is 0 Å². The molecular weight excluding hydrogens is 290 g/mol. The minimum Gasteiger partial charge on any atom is -0.368 e. The van der Waals surface area contributed by atoms with Gasteiger partial charge in [0.25, 0.3) is 0 Å². The van der Waals surface area contributed by atoms with E-state index in [1.807, 2.05) is 54.6 Å². The summed E-state index contributed by atoms with van der Waals surface area (Å²) in [5, 5.41) is 0. The second kappa shape index (κ2) is 6.22. The zero-order valence-electron chi connectivity index (χ0n) is 12.7. The fourth-order valence-corrected chi connectivity index (χ4v) is 3.13. The van der Waals surface area contributed by atoms with Gasteiger partial charge < -0.3 is 16.4 Å². The lowest BCUT2D eigenvalue weighted by Gasteiger charge is -2.25. The predicted octanol–water partition coefficient (Wildman–Crippen LogP) is 1.17. The number of primary amides is 1. The highest BCUT2D eigenvalue weighted by atomic mass is 16.2. The Labute approximate surface area is 134 Å². The summed E-state index contributed by atoms with van der Waals surface area (Å²) in [6.45, 7) is -0.162. The molecule has 2 aromatic carbocycles. The van der Waals surface area contributed by atoms with Crippen molar-refractivity contribution >= 4 is 17.5 Å². The van der Waals surface area contributed by atoms with Gasteiger partial charge in [0.2, 0.25) is 11.8 Å². The van der Waals surface area contributed by atoms with Gasteiger partial charge in [-0.1, -0.05) is 48.5 Å². The average Bonchev–Trinajstić information content (AvgIpc) is 2.66. The number of anilines is 1. The quantitative estimate of drug-likeness (QED) is 0.892. The molecule has 0 fully saturated rings. The van der Waals surface area contributed by atoms with Gasteiger partial charge in [-0.05, 0) is 23.6 Å². The van der Waals surface area contributed by atoms with E-state index in [0.29, 0.717) is 12.1 Å². The molecule has 5 nitrogen and oxygen atoms in total. The van der Waals surface area contributed by atoms with Crippen molar-refractivity contribution in [1.29, 1.82) is 0 Å². The number of benzene rings is 2. The Morgan fingerprint density at radius 3 is 2.43 bits per heavy atom. The standard InChI is InChI=1S/C18H19N3O2/c19-16(22)11-21-15-9-5-4-8-13(15)10-14(17(20)18(21)23)12-6-2-1-3-7-12/h1-9,14,17H,10-11,20H2,(H2,19,22)/t14-,17-/m1/s1. The van der Waals surface area contributed by atoms with Crippen LogP contribution in [0.1, 0.15) is 17.0 Å². The summed E-state index contributed by atoms with van der Waals surface area (Å²) < 4.78 is 0. The molecule has 0 saturated carbocycles. The Kier molecular flexibility index (Phi) is 4.12. The average molecular weight is 309 g/mol. The molecule has 1 aliphatic heterocycles. The second-order valence-corrected chi connectivity index (χ2v) is 5.77. The molecule has 5 heteroatoms. The molecule has 0 spiro atoms. The molecule has 0 saturated heterocycles. The smallest absolute Gasteiger partial charge is 0.245 e. The second-order valence-electron chi connectivity index (χ2n) is 5.77. The van der Waals surface area contributed by atoms with Crippen LogP contribution in [0.5, 0.6) is 0 Å². The highest BCUT2D eigenvalue weighted by Gasteiger charge is 2.35. The van der Waals surface area contributed by atoms with Crippen molar-refractivity contribution in [2.45, 2.75) is 18.4 Å². The summed E-state index contributed by atoms with van der Waals surface area (Å²) in [5.41, 5.74) is 14.3. The van der Waals surface area contributed by atoms with Crippen molar-refractivity contribution in [3.63, 3.8) is 0 Å². The van der Waals surface area contributed by atoms with Crippen LogP contribution >= 0.6 is 0 Å². The number of nitrogens with zero attached hydrogens (tertiary/aromatic N) is 1. The molecule has 118 valence electrons. The largest absolute Gasteiger partial charge is 0.368 e. The number of amides is 2. The predicted molar refractivity (Wildman–Crippen MR) is 88.9 cm³/mol. The van der Waals surface area contributed by atoms with E-state index in [1.165, 1.54) is 4.90 Å². The first-order chi connectivity index (χ1) is 11.1. The minimum atomic E-state index is -0.718. The highest BCUT2D eigenvalue weighted by Crippen LogP contribution is 2.33. The van der Waals surface area contributed by atoms with E-state index in [-0.39, 0.29) is 18.4 Å². The van der Waals surface area contributed by atoms with Crippen LogP contribution in [0.15, 0.2) is 54.6 Å². The molecule has 0 aliphatic carbocycles. The summed E-state index contributed by atoms with van der Waals surface area (Å²) >= 11 is 0. The molecule has 3 rings (SSSR count). The van der Waals surface area contributed by atoms with Crippen LogP contribution in [0.4, 0.5) is 5.69 Å². The van der Waals surface area contributed by atoms with Gasteiger partial charge in [-0.2, -0.15) is 0 Å². The molecule has 2 amide bonds. The van der Waals surface area contributed by atoms with Gasteiger partial charge in [-0.25, -0.2) is 0 Å². The molecule has 2 atom stereocenters. The Morgan fingerprint density at radius 1 is 1.09 bits per heavy atom. The number of fused-ring (bicyclic) bond motifs is 1. The van der Waals surface area contributed by atoms with E-state index in [4.69, 9.17) is 11.5 Å². The molecule has 23 heavy (non-hydrogen) atoms. The van der Waals surface area contributed by atoms with Crippen molar-refractivity contribution in [1.82, 2.24) is 0 Å². The molecular formula is C18H19N3O2. The zero-order valence-corrected chi connectivity index (χ0v) is 12.7. The Morgan fingerprint density at radius 2 is 1.74 bits per heavy atom. The summed E-state index contributed by atoms with van der Waals surface area (Å²) in [5.74, 6) is -0.969. The number of carbonyl (C=O) groups excluding carboxylic acids is 2. The fraction of sp³-hybridized carbons (Fsp3) is 0.222. The van der Waals surface area contributed by atoms with Crippen LogP contribution in [-0.4, -0.2) is 24.4 Å². The SMILES string of the molecule is NC(=O)CN1C(=O)[C@H](N)[C@@H](c2ccccc2)Cc2ccccc21. The number of hydrogen-bond acceptors (Lipinski definition) is 3. The van der Waals surface area contributed by atoms with Crippen LogP contribution in [0, 0.1) is 0 Å². The summed E-state index contributed by atoms with van der Waals surface area (Å²) in [4.78, 5) is 25.6. The first-order valence-electron chi connectivity index (χ1n) is 7.56. The summed E-state index contributed by atoms with van der Waals surface area (Å²) in [6, 6.07) is 16.6. The molecule has 0 unspecified atom stereocenters. The van der Waals surface area contributed by atoms with Gasteiger partial charge in [0.15, 0.2) is 0 Å². The number of carbonyl (C=O) groups is 2. The Hall–Kier alpha value is -2.66. The van der Waals surface area contributed by atoms with Gasteiger partial charge in [0.05, 0.1) is 6.04 Å². The van der Waals surface area contributed by atoms with Crippen LogP contribution in [0.2, 0.25) is 0 Å². The van der Waals surface area contributed by atoms with Crippen molar-refractivity contribution in [2.24, 2.45) is 11.5 Å². The first kappa shape index (κ1) is 15.2. The molecule has 2 aromatic rings. The van der Waals surface area contributed by atoms with Gasteiger partial charge in [-0.3, -0.25) is 9.59 Å². The maximum Gasteiger partial charge on any atom is 0.245 e. The van der Waals surface area contributed by atoms with E-state index in [0.717, 1.165) is 11.1 Å². The maximum absolute atomic E-state index is 12.8. The first-order valence-corrected chi connectivity index (χ1v) is 7.56. The minimum absolute atomic E-state index is 0.136. The zero-order chi connectivity index (χ0) is 16.4. The lowest BCUT2D eigenvalue weighted by atomic mass is 9.87. The van der Waals surface area contributed by atoms with E-state index >= 15 is 0 Å². The number of hydrogen-bond donors (Lipinski definition) is 2. The summed E-state index contributed by atoms with van der Waals surface area (Å²) in [7, 11) is 0. The fourth-order valence-electron chi connectivity index (χ4n) is 3.13. The van der Waals surface area contributed by atoms with Crippen molar-refractivity contribution in [3.05, 3.63) is 65.7 Å². The van der Waals surface area contributed by atoms with Gasteiger partial charge in [0.1, 0.15) is 6.54 Å². The van der Waals surface area contributed by atoms with Crippen LogP contribution in [0.3, 0.4) is 0 Å². The van der Waals surface area contributed by atoms with Crippen molar-refractivity contribution in [2.75, 3.05) is 11.4 Å². The molecule has 4 N–H and O–H groups in total. The molecule has 0 radical (unpaired) electrons. The number of nitrogens with two attached hydrogens (primary N) is 2. The maximum atomic E-state index is 12.8. The van der Waals surface area contributed by atoms with Crippen LogP contribution in [0.25, 0.3) is 0 Å². The molecule has 1 heterocycles. The van der Waals surface area contributed by atoms with Crippen molar-refractivity contribution < 1.29 is 9.59 Å². The van der Waals surface area contributed by atoms with E-state index in [1.54, 1.807) is 0 Å².